The number of hydrogen-bond donors (Lipinski definition) is 0. The molecule has 0 aliphatic carbocycles. The van der Waals surface area contributed by atoms with Gasteiger partial charge in [-0.25, -0.2) is 4.98 Å². The second kappa shape index (κ2) is 5.97. The first kappa shape index (κ1) is 14.9. The maximum absolute atomic E-state index is 12.4. The average Bonchev–Trinajstić information content (AvgIpc) is 2.48. The highest BCUT2D eigenvalue weighted by Crippen LogP contribution is 2.22. The number of fused-ring (bicyclic) bond motifs is 1. The smallest absolute Gasteiger partial charge is 0.261 e. The first-order valence-electron chi connectivity index (χ1n) is 7.20. The predicted molar refractivity (Wildman–Crippen MR) is 92.5 cm³/mol. The van der Waals surface area contributed by atoms with E-state index in [-0.39, 0.29) is 5.56 Å². The Morgan fingerprint density at radius 1 is 1.09 bits per heavy atom. The standard InChI is InChI=1S/C18H18N2OS/c1-12-8-13(2)10-14(9-12)11-22-18-19-16-7-5-4-6-15(16)17(21)20(18)3/h4-10H,11H2,1-3H3. The number of hydrogen-bond acceptors (Lipinski definition) is 3. The van der Waals surface area contributed by atoms with Crippen molar-refractivity contribution in [1.82, 2.24) is 9.55 Å². The maximum Gasteiger partial charge on any atom is 0.261 e. The fourth-order valence-corrected chi connectivity index (χ4v) is 3.53. The lowest BCUT2D eigenvalue weighted by atomic mass is 10.1. The molecule has 0 N–H and O–H groups in total. The summed E-state index contributed by atoms with van der Waals surface area (Å²) >= 11 is 1.60. The molecule has 112 valence electrons. The van der Waals surface area contributed by atoms with Gasteiger partial charge >= 0.3 is 0 Å². The molecule has 0 radical (unpaired) electrons. The van der Waals surface area contributed by atoms with Gasteiger partial charge < -0.3 is 0 Å². The van der Waals surface area contributed by atoms with Crippen molar-refractivity contribution in [3.05, 3.63) is 69.5 Å². The van der Waals surface area contributed by atoms with Crippen LogP contribution < -0.4 is 5.56 Å². The monoisotopic (exact) mass is 310 g/mol. The second-order valence-corrected chi connectivity index (χ2v) is 6.50. The van der Waals surface area contributed by atoms with Gasteiger partial charge in [0.15, 0.2) is 5.16 Å². The predicted octanol–water partition coefficient (Wildman–Crippen LogP) is 3.84. The third kappa shape index (κ3) is 2.92. The van der Waals surface area contributed by atoms with Gasteiger partial charge in [-0.1, -0.05) is 53.2 Å². The third-order valence-corrected chi connectivity index (χ3v) is 4.69. The Morgan fingerprint density at radius 3 is 2.50 bits per heavy atom. The van der Waals surface area contributed by atoms with Gasteiger partial charge in [0.1, 0.15) is 0 Å². The Morgan fingerprint density at radius 2 is 1.77 bits per heavy atom. The van der Waals surface area contributed by atoms with Crippen molar-refractivity contribution in [1.29, 1.82) is 0 Å². The molecule has 0 saturated heterocycles. The highest BCUT2D eigenvalue weighted by Gasteiger charge is 2.08. The molecule has 0 fully saturated rings. The molecule has 0 spiro atoms. The van der Waals surface area contributed by atoms with E-state index in [1.165, 1.54) is 16.7 Å². The molecule has 2 aromatic carbocycles. The van der Waals surface area contributed by atoms with E-state index in [4.69, 9.17) is 0 Å². The number of aryl methyl sites for hydroxylation is 2. The zero-order chi connectivity index (χ0) is 15.7. The highest BCUT2D eigenvalue weighted by molar-refractivity contribution is 7.98. The maximum atomic E-state index is 12.4. The van der Waals surface area contributed by atoms with Crippen molar-refractivity contribution >= 4 is 22.7 Å². The first-order valence-corrected chi connectivity index (χ1v) is 8.19. The minimum atomic E-state index is 0.00789. The molecule has 0 aliphatic rings. The summed E-state index contributed by atoms with van der Waals surface area (Å²) < 4.78 is 1.63. The van der Waals surface area contributed by atoms with E-state index in [1.54, 1.807) is 23.4 Å². The van der Waals surface area contributed by atoms with Crippen LogP contribution in [0, 0.1) is 13.8 Å². The molecule has 0 atom stereocenters. The van der Waals surface area contributed by atoms with Gasteiger partial charge in [-0.3, -0.25) is 9.36 Å². The van der Waals surface area contributed by atoms with Gasteiger partial charge in [0.05, 0.1) is 10.9 Å². The van der Waals surface area contributed by atoms with Crippen LogP contribution in [0.2, 0.25) is 0 Å². The molecule has 0 aliphatic heterocycles. The molecule has 3 rings (SSSR count). The van der Waals surface area contributed by atoms with Gasteiger partial charge in [0, 0.05) is 12.8 Å². The molecule has 1 heterocycles. The lowest BCUT2D eigenvalue weighted by Gasteiger charge is -2.09. The van der Waals surface area contributed by atoms with Crippen LogP contribution in [0.5, 0.6) is 0 Å². The summed E-state index contributed by atoms with van der Waals surface area (Å²) in [5.41, 5.74) is 4.54. The average molecular weight is 310 g/mol. The minimum absolute atomic E-state index is 0.00789. The lowest BCUT2D eigenvalue weighted by molar-refractivity contribution is 0.726. The zero-order valence-corrected chi connectivity index (χ0v) is 13.8. The Kier molecular flexibility index (Phi) is 4.03. The van der Waals surface area contributed by atoms with Crippen LogP contribution in [0.15, 0.2) is 52.4 Å². The minimum Gasteiger partial charge on any atom is -0.290 e. The molecule has 3 nitrogen and oxygen atoms in total. The van der Waals surface area contributed by atoms with E-state index in [0.29, 0.717) is 5.39 Å². The van der Waals surface area contributed by atoms with Crippen molar-refractivity contribution in [2.24, 2.45) is 7.05 Å². The Bertz CT molecular complexity index is 879. The quantitative estimate of drug-likeness (QED) is 0.544. The highest BCUT2D eigenvalue weighted by atomic mass is 32.2. The number of rotatable bonds is 3. The van der Waals surface area contributed by atoms with Crippen molar-refractivity contribution in [2.75, 3.05) is 0 Å². The van der Waals surface area contributed by atoms with Crippen LogP contribution >= 0.6 is 11.8 Å². The van der Waals surface area contributed by atoms with Crippen molar-refractivity contribution in [2.45, 2.75) is 24.8 Å². The van der Waals surface area contributed by atoms with Gasteiger partial charge in [0.2, 0.25) is 0 Å². The van der Waals surface area contributed by atoms with Crippen molar-refractivity contribution in [3.63, 3.8) is 0 Å². The largest absolute Gasteiger partial charge is 0.290 e. The normalized spacial score (nSPS) is 11.0. The molecule has 22 heavy (non-hydrogen) atoms. The molecule has 0 unspecified atom stereocenters. The molecule has 3 aromatic rings. The van der Waals surface area contributed by atoms with Crippen LogP contribution in [0.3, 0.4) is 0 Å². The fraction of sp³-hybridized carbons (Fsp3) is 0.222. The summed E-state index contributed by atoms with van der Waals surface area (Å²) in [6.07, 6.45) is 0. The summed E-state index contributed by atoms with van der Waals surface area (Å²) in [5, 5.41) is 1.42. The number of nitrogens with zero attached hydrogens (tertiary/aromatic N) is 2. The van der Waals surface area contributed by atoms with Crippen LogP contribution in [-0.4, -0.2) is 9.55 Å². The zero-order valence-electron chi connectivity index (χ0n) is 13.0. The number of para-hydroxylation sites is 1. The first-order chi connectivity index (χ1) is 10.5. The number of benzene rings is 2. The van der Waals surface area contributed by atoms with Gasteiger partial charge in [0.25, 0.3) is 5.56 Å². The number of thioether (sulfide) groups is 1. The summed E-state index contributed by atoms with van der Waals surface area (Å²) in [7, 11) is 1.78. The third-order valence-electron chi connectivity index (χ3n) is 3.59. The fourth-order valence-electron chi connectivity index (χ4n) is 2.63. The molecule has 4 heteroatoms. The van der Waals surface area contributed by atoms with Crippen LogP contribution in [0.1, 0.15) is 16.7 Å². The SMILES string of the molecule is Cc1cc(C)cc(CSc2nc3ccccc3c(=O)n2C)c1. The topological polar surface area (TPSA) is 34.9 Å². The Hall–Kier alpha value is -2.07. The molecule has 0 amide bonds. The van der Waals surface area contributed by atoms with Crippen LogP contribution in [0.4, 0.5) is 0 Å². The Labute approximate surface area is 134 Å². The van der Waals surface area contributed by atoms with Gasteiger partial charge in [-0.15, -0.1) is 0 Å². The molecule has 0 saturated carbocycles. The van der Waals surface area contributed by atoms with E-state index in [0.717, 1.165) is 16.4 Å². The molecular weight excluding hydrogens is 292 g/mol. The van der Waals surface area contributed by atoms with Crippen molar-refractivity contribution in [3.8, 4) is 0 Å². The van der Waals surface area contributed by atoms with E-state index in [1.807, 2.05) is 24.3 Å². The number of aromatic nitrogens is 2. The van der Waals surface area contributed by atoms with E-state index >= 15 is 0 Å². The summed E-state index contributed by atoms with van der Waals surface area (Å²) in [4.78, 5) is 17.0. The van der Waals surface area contributed by atoms with Crippen LogP contribution in [0.25, 0.3) is 10.9 Å². The van der Waals surface area contributed by atoms with Crippen LogP contribution in [-0.2, 0) is 12.8 Å². The van der Waals surface area contributed by atoms with E-state index in [9.17, 15) is 4.79 Å². The lowest BCUT2D eigenvalue weighted by Crippen LogP contribution is -2.19. The van der Waals surface area contributed by atoms with E-state index < -0.39 is 0 Å². The molecular formula is C18H18N2OS. The summed E-state index contributed by atoms with van der Waals surface area (Å²) in [6.45, 7) is 4.20. The molecule has 0 bridgehead atoms. The Balaban J connectivity index is 1.94. The summed E-state index contributed by atoms with van der Waals surface area (Å²) in [6, 6.07) is 14.0. The van der Waals surface area contributed by atoms with Gasteiger partial charge in [-0.05, 0) is 31.5 Å². The van der Waals surface area contributed by atoms with E-state index in [2.05, 4.69) is 37.0 Å². The molecule has 1 aromatic heterocycles. The van der Waals surface area contributed by atoms with Gasteiger partial charge in [-0.2, -0.15) is 0 Å². The summed E-state index contributed by atoms with van der Waals surface area (Å²) in [5.74, 6) is 0.807. The van der Waals surface area contributed by atoms with Crippen molar-refractivity contribution < 1.29 is 0 Å². The second-order valence-electron chi connectivity index (χ2n) is 5.56.